The van der Waals surface area contributed by atoms with E-state index in [9.17, 15) is 4.79 Å². The van der Waals surface area contributed by atoms with Gasteiger partial charge in [-0.25, -0.2) is 0 Å². The molecule has 2 aromatic rings. The number of anilines is 1. The fourth-order valence-electron chi connectivity index (χ4n) is 2.89. The first-order valence-electron chi connectivity index (χ1n) is 7.36. The van der Waals surface area contributed by atoms with Gasteiger partial charge in [0.2, 0.25) is 0 Å². The molecular formula is C18H20N2O. The quantitative estimate of drug-likeness (QED) is 0.808. The number of piperazine rings is 1. The average molecular weight is 280 g/mol. The third-order valence-electron chi connectivity index (χ3n) is 4.10. The van der Waals surface area contributed by atoms with Crippen LogP contribution in [-0.2, 0) is 0 Å². The van der Waals surface area contributed by atoms with E-state index < -0.39 is 0 Å². The van der Waals surface area contributed by atoms with E-state index in [4.69, 9.17) is 0 Å². The van der Waals surface area contributed by atoms with Crippen molar-refractivity contribution in [2.45, 2.75) is 0 Å². The smallest absolute Gasteiger partial charge is 0.152 e. The Morgan fingerprint density at radius 2 is 1.62 bits per heavy atom. The van der Waals surface area contributed by atoms with E-state index in [0.29, 0.717) is 0 Å². The highest BCUT2D eigenvalue weighted by Gasteiger charge is 2.20. The highest BCUT2D eigenvalue weighted by atomic mass is 16.1. The van der Waals surface area contributed by atoms with E-state index in [-0.39, 0.29) is 0 Å². The molecular weight excluding hydrogens is 260 g/mol. The van der Waals surface area contributed by atoms with E-state index in [1.165, 1.54) is 0 Å². The first-order chi connectivity index (χ1) is 10.3. The van der Waals surface area contributed by atoms with Crippen LogP contribution in [0.3, 0.4) is 0 Å². The second kappa shape index (κ2) is 6.10. The summed E-state index contributed by atoms with van der Waals surface area (Å²) in [7, 11) is 2.14. The van der Waals surface area contributed by atoms with Crippen molar-refractivity contribution in [3.8, 4) is 11.1 Å². The molecule has 0 unspecified atom stereocenters. The van der Waals surface area contributed by atoms with Gasteiger partial charge in [-0.3, -0.25) is 4.79 Å². The van der Waals surface area contributed by atoms with Gasteiger partial charge in [-0.15, -0.1) is 0 Å². The summed E-state index contributed by atoms with van der Waals surface area (Å²) in [5.41, 5.74) is 4.16. The Morgan fingerprint density at radius 3 is 2.29 bits per heavy atom. The van der Waals surface area contributed by atoms with Crippen LogP contribution in [0.2, 0.25) is 0 Å². The summed E-state index contributed by atoms with van der Waals surface area (Å²) in [6.07, 6.45) is 0.972. The van der Waals surface area contributed by atoms with Crippen LogP contribution < -0.4 is 4.90 Å². The maximum atomic E-state index is 11.5. The Bertz CT molecular complexity index is 616. The summed E-state index contributed by atoms with van der Waals surface area (Å²) in [5, 5.41) is 0. The molecule has 1 saturated heterocycles. The van der Waals surface area contributed by atoms with Gasteiger partial charge in [-0.1, -0.05) is 42.5 Å². The molecule has 1 heterocycles. The van der Waals surface area contributed by atoms with Crippen LogP contribution in [0.25, 0.3) is 11.1 Å². The van der Waals surface area contributed by atoms with Crippen LogP contribution in [0.15, 0.2) is 48.5 Å². The minimum absolute atomic E-state index is 0.779. The molecule has 1 aliphatic heterocycles. The average Bonchev–Trinajstić information content (AvgIpc) is 2.56. The molecule has 0 N–H and O–H groups in total. The molecule has 1 aliphatic rings. The number of rotatable bonds is 3. The number of para-hydroxylation sites is 1. The molecule has 0 atom stereocenters. The zero-order chi connectivity index (χ0) is 14.7. The first-order valence-corrected chi connectivity index (χ1v) is 7.36. The topological polar surface area (TPSA) is 23.6 Å². The lowest BCUT2D eigenvalue weighted by molar-refractivity contribution is 0.112. The van der Waals surface area contributed by atoms with Crippen molar-refractivity contribution in [3.05, 3.63) is 54.1 Å². The lowest BCUT2D eigenvalue weighted by atomic mass is 9.99. The molecule has 0 aliphatic carbocycles. The number of aldehydes is 1. The molecule has 0 bridgehead atoms. The minimum Gasteiger partial charge on any atom is -0.368 e. The van der Waals surface area contributed by atoms with Gasteiger partial charge in [0.15, 0.2) is 6.29 Å². The minimum atomic E-state index is 0.779. The van der Waals surface area contributed by atoms with Crippen LogP contribution in [0.5, 0.6) is 0 Å². The highest BCUT2D eigenvalue weighted by molar-refractivity contribution is 5.93. The van der Waals surface area contributed by atoms with E-state index >= 15 is 0 Å². The van der Waals surface area contributed by atoms with E-state index in [1.54, 1.807) is 0 Å². The predicted molar refractivity (Wildman–Crippen MR) is 87.0 cm³/mol. The predicted octanol–water partition coefficient (Wildman–Crippen LogP) is 2.92. The van der Waals surface area contributed by atoms with Gasteiger partial charge in [0.25, 0.3) is 0 Å². The Morgan fingerprint density at radius 1 is 0.905 bits per heavy atom. The number of likely N-dealkylation sites (N-methyl/N-ethyl adjacent to an activating group) is 1. The molecule has 1 fully saturated rings. The van der Waals surface area contributed by atoms with Gasteiger partial charge in [0.1, 0.15) is 0 Å². The van der Waals surface area contributed by atoms with Gasteiger partial charge in [-0.05, 0) is 18.7 Å². The normalized spacial score (nSPS) is 16.0. The number of carbonyl (C=O) groups excluding carboxylic acids is 1. The Kier molecular flexibility index (Phi) is 4.02. The van der Waals surface area contributed by atoms with Crippen LogP contribution in [0.4, 0.5) is 5.69 Å². The molecule has 0 aromatic heterocycles. The van der Waals surface area contributed by atoms with Crippen molar-refractivity contribution in [1.82, 2.24) is 4.90 Å². The second-order valence-electron chi connectivity index (χ2n) is 5.52. The molecule has 0 spiro atoms. The van der Waals surface area contributed by atoms with Gasteiger partial charge < -0.3 is 9.80 Å². The number of carbonyl (C=O) groups is 1. The maximum Gasteiger partial charge on any atom is 0.152 e. The molecule has 3 rings (SSSR count). The summed E-state index contributed by atoms with van der Waals surface area (Å²) >= 11 is 0. The van der Waals surface area contributed by atoms with Crippen LogP contribution in [-0.4, -0.2) is 44.4 Å². The van der Waals surface area contributed by atoms with E-state index in [1.807, 2.05) is 30.3 Å². The Balaban J connectivity index is 2.06. The fraction of sp³-hybridized carbons (Fsp3) is 0.278. The molecule has 3 nitrogen and oxygen atoms in total. The fourth-order valence-corrected chi connectivity index (χ4v) is 2.89. The molecule has 0 amide bonds. The largest absolute Gasteiger partial charge is 0.368 e. The van der Waals surface area contributed by atoms with Gasteiger partial charge in [0.05, 0.1) is 5.69 Å². The molecule has 0 radical (unpaired) electrons. The monoisotopic (exact) mass is 280 g/mol. The van der Waals surface area contributed by atoms with Gasteiger partial charge >= 0.3 is 0 Å². The number of hydrogen-bond acceptors (Lipinski definition) is 3. The Labute approximate surface area is 125 Å². The molecule has 21 heavy (non-hydrogen) atoms. The van der Waals surface area contributed by atoms with Gasteiger partial charge in [-0.2, -0.15) is 0 Å². The third kappa shape index (κ3) is 2.83. The lowest BCUT2D eigenvalue weighted by Crippen LogP contribution is -2.45. The second-order valence-corrected chi connectivity index (χ2v) is 5.52. The van der Waals surface area contributed by atoms with Crippen LogP contribution in [0, 0.1) is 0 Å². The van der Waals surface area contributed by atoms with Crippen molar-refractivity contribution >= 4 is 12.0 Å². The molecule has 3 heteroatoms. The summed E-state index contributed by atoms with van der Waals surface area (Å²) in [6, 6.07) is 16.3. The molecule has 108 valence electrons. The van der Waals surface area contributed by atoms with E-state index in [2.05, 4.69) is 35.0 Å². The summed E-state index contributed by atoms with van der Waals surface area (Å²) in [6.45, 7) is 3.98. The van der Waals surface area contributed by atoms with Crippen molar-refractivity contribution in [1.29, 1.82) is 0 Å². The molecule has 0 saturated carbocycles. The zero-order valence-electron chi connectivity index (χ0n) is 12.3. The number of hydrogen-bond donors (Lipinski definition) is 0. The zero-order valence-corrected chi connectivity index (χ0v) is 12.3. The van der Waals surface area contributed by atoms with Crippen molar-refractivity contribution < 1.29 is 4.79 Å². The van der Waals surface area contributed by atoms with Gasteiger partial charge in [0, 0.05) is 37.3 Å². The standard InChI is InChI=1S/C18H20N2O/c1-19-10-12-20(13-11-19)18-16(14-21)8-5-9-17(18)15-6-3-2-4-7-15/h2-9,14H,10-13H2,1H3. The number of benzene rings is 2. The number of nitrogens with zero attached hydrogens (tertiary/aromatic N) is 2. The lowest BCUT2D eigenvalue weighted by Gasteiger charge is -2.36. The third-order valence-corrected chi connectivity index (χ3v) is 4.10. The molecule has 2 aromatic carbocycles. The summed E-state index contributed by atoms with van der Waals surface area (Å²) < 4.78 is 0. The highest BCUT2D eigenvalue weighted by Crippen LogP contribution is 2.33. The van der Waals surface area contributed by atoms with Crippen molar-refractivity contribution in [2.75, 3.05) is 38.1 Å². The van der Waals surface area contributed by atoms with Crippen LogP contribution >= 0.6 is 0 Å². The van der Waals surface area contributed by atoms with Crippen molar-refractivity contribution in [2.24, 2.45) is 0 Å². The van der Waals surface area contributed by atoms with E-state index in [0.717, 1.165) is 54.8 Å². The van der Waals surface area contributed by atoms with Crippen molar-refractivity contribution in [3.63, 3.8) is 0 Å². The first kappa shape index (κ1) is 13.8. The maximum absolute atomic E-state index is 11.5. The van der Waals surface area contributed by atoms with Crippen LogP contribution in [0.1, 0.15) is 10.4 Å². The SMILES string of the molecule is CN1CCN(c2c(C=O)cccc2-c2ccccc2)CC1. The Hall–Kier alpha value is -2.13. The summed E-state index contributed by atoms with van der Waals surface area (Å²) in [5.74, 6) is 0. The summed E-state index contributed by atoms with van der Waals surface area (Å²) in [4.78, 5) is 16.1.